The molecule has 2 heteroatoms. The first-order chi connectivity index (χ1) is 10.4. The first-order valence-electron chi connectivity index (χ1n) is 7.88. The van der Waals surface area contributed by atoms with E-state index in [1.54, 1.807) is 13.8 Å². The summed E-state index contributed by atoms with van der Waals surface area (Å²) in [5, 5.41) is 0. The number of benzene rings is 1. The molecule has 1 aromatic carbocycles. The minimum absolute atomic E-state index is 0.126. The van der Waals surface area contributed by atoms with E-state index in [9.17, 15) is 9.59 Å². The Morgan fingerprint density at radius 1 is 1.23 bits per heavy atom. The standard InChI is InChI=1S/C20H24O2/c1-15-7-4-5-8-18(15)9-6-12-20(17(3)22)13-10-19(11-14-20)16(2)21/h4-8,10,12H,9,11,13-14H2,1-3H3/b12-6+/t20-/m0/s1. The van der Waals surface area contributed by atoms with Crippen molar-refractivity contribution in [3.8, 4) is 0 Å². The van der Waals surface area contributed by atoms with Crippen LogP contribution in [-0.4, -0.2) is 11.6 Å². The lowest BCUT2D eigenvalue weighted by molar-refractivity contribution is -0.125. The van der Waals surface area contributed by atoms with Gasteiger partial charge in [0.15, 0.2) is 5.78 Å². The van der Waals surface area contributed by atoms with Gasteiger partial charge in [-0.25, -0.2) is 0 Å². The number of aryl methyl sites for hydroxylation is 1. The molecule has 1 aliphatic rings. The molecule has 1 atom stereocenters. The van der Waals surface area contributed by atoms with Crippen LogP contribution in [-0.2, 0) is 16.0 Å². The zero-order valence-electron chi connectivity index (χ0n) is 13.7. The van der Waals surface area contributed by atoms with Crippen LogP contribution in [0.5, 0.6) is 0 Å². The number of carbonyl (C=O) groups is 2. The van der Waals surface area contributed by atoms with E-state index < -0.39 is 5.41 Å². The molecule has 0 saturated heterocycles. The van der Waals surface area contributed by atoms with E-state index >= 15 is 0 Å². The third-order valence-electron chi connectivity index (χ3n) is 4.74. The van der Waals surface area contributed by atoms with E-state index in [-0.39, 0.29) is 11.6 Å². The van der Waals surface area contributed by atoms with Crippen LogP contribution in [0.2, 0.25) is 0 Å². The Kier molecular flexibility index (Phi) is 5.12. The average Bonchev–Trinajstić information content (AvgIpc) is 2.49. The van der Waals surface area contributed by atoms with Crippen LogP contribution in [0.1, 0.15) is 44.2 Å². The molecule has 0 N–H and O–H groups in total. The third kappa shape index (κ3) is 3.62. The zero-order chi connectivity index (χ0) is 16.2. The molecule has 1 aromatic rings. The number of carbonyl (C=O) groups excluding carboxylic acids is 2. The summed E-state index contributed by atoms with van der Waals surface area (Å²) in [5.74, 6) is 0.313. The van der Waals surface area contributed by atoms with Gasteiger partial charge in [0.1, 0.15) is 5.78 Å². The maximum absolute atomic E-state index is 12.1. The Balaban J connectivity index is 2.14. The lowest BCUT2D eigenvalue weighted by Gasteiger charge is -2.31. The summed E-state index contributed by atoms with van der Waals surface area (Å²) in [6, 6.07) is 8.30. The van der Waals surface area contributed by atoms with Crippen molar-refractivity contribution in [2.45, 2.75) is 46.5 Å². The predicted octanol–water partition coefficient (Wildman–Crippen LogP) is 4.37. The fourth-order valence-corrected chi connectivity index (χ4v) is 3.03. The second-order valence-corrected chi connectivity index (χ2v) is 6.23. The molecule has 0 saturated carbocycles. The second-order valence-electron chi connectivity index (χ2n) is 6.23. The van der Waals surface area contributed by atoms with Crippen molar-refractivity contribution < 1.29 is 9.59 Å². The summed E-state index contributed by atoms with van der Waals surface area (Å²) in [5.41, 5.74) is 2.99. The number of ketones is 2. The number of hydrogen-bond donors (Lipinski definition) is 0. The molecule has 0 radical (unpaired) electrons. The molecule has 2 rings (SSSR count). The van der Waals surface area contributed by atoms with Gasteiger partial charge in [-0.1, -0.05) is 42.5 Å². The Morgan fingerprint density at radius 3 is 2.50 bits per heavy atom. The monoisotopic (exact) mass is 296 g/mol. The second kappa shape index (κ2) is 6.87. The van der Waals surface area contributed by atoms with E-state index in [1.807, 2.05) is 18.2 Å². The van der Waals surface area contributed by atoms with Gasteiger partial charge in [0.2, 0.25) is 0 Å². The van der Waals surface area contributed by atoms with Crippen LogP contribution in [0.4, 0.5) is 0 Å². The molecule has 0 fully saturated rings. The summed E-state index contributed by atoms with van der Waals surface area (Å²) in [7, 11) is 0. The van der Waals surface area contributed by atoms with Gasteiger partial charge >= 0.3 is 0 Å². The molecule has 0 unspecified atom stereocenters. The Morgan fingerprint density at radius 2 is 1.95 bits per heavy atom. The molecular weight excluding hydrogens is 272 g/mol. The highest BCUT2D eigenvalue weighted by atomic mass is 16.1. The minimum Gasteiger partial charge on any atom is -0.299 e. The van der Waals surface area contributed by atoms with Crippen molar-refractivity contribution in [3.63, 3.8) is 0 Å². The van der Waals surface area contributed by atoms with E-state index in [4.69, 9.17) is 0 Å². The molecule has 0 spiro atoms. The Labute approximate surface area is 132 Å². The molecule has 0 aliphatic heterocycles. The lowest BCUT2D eigenvalue weighted by atomic mass is 9.71. The summed E-state index contributed by atoms with van der Waals surface area (Å²) in [4.78, 5) is 23.6. The topological polar surface area (TPSA) is 34.1 Å². The molecule has 1 aliphatic carbocycles. The molecule has 0 heterocycles. The number of rotatable bonds is 5. The van der Waals surface area contributed by atoms with Crippen LogP contribution in [0.3, 0.4) is 0 Å². The molecule has 0 aromatic heterocycles. The van der Waals surface area contributed by atoms with Crippen molar-refractivity contribution in [3.05, 3.63) is 59.2 Å². The van der Waals surface area contributed by atoms with Gasteiger partial charge in [0.25, 0.3) is 0 Å². The van der Waals surface area contributed by atoms with Crippen LogP contribution in [0, 0.1) is 12.3 Å². The summed E-state index contributed by atoms with van der Waals surface area (Å²) in [6.45, 7) is 5.36. The molecular formula is C20H24O2. The van der Waals surface area contributed by atoms with E-state index in [0.717, 1.165) is 18.4 Å². The highest BCUT2D eigenvalue weighted by molar-refractivity contribution is 5.94. The highest BCUT2D eigenvalue weighted by Crippen LogP contribution is 2.38. The van der Waals surface area contributed by atoms with Crippen LogP contribution < -0.4 is 0 Å². The quantitative estimate of drug-likeness (QED) is 0.756. The molecule has 116 valence electrons. The summed E-state index contributed by atoms with van der Waals surface area (Å²) < 4.78 is 0. The first kappa shape index (κ1) is 16.4. The Bertz CT molecular complexity index is 637. The SMILES string of the molecule is CC(=O)C1=CC[C@](/C=C/Cc2ccccc2C)(C(C)=O)CC1. The number of Topliss-reactive ketones (excluding diaryl/α,β-unsaturated/α-hetero) is 2. The normalized spacial score (nSPS) is 21.7. The third-order valence-corrected chi connectivity index (χ3v) is 4.74. The van der Waals surface area contributed by atoms with Gasteiger partial charge in [-0.2, -0.15) is 0 Å². The van der Waals surface area contributed by atoms with Gasteiger partial charge in [0.05, 0.1) is 5.41 Å². The summed E-state index contributed by atoms with van der Waals surface area (Å²) >= 11 is 0. The van der Waals surface area contributed by atoms with Gasteiger partial charge < -0.3 is 0 Å². The number of hydrogen-bond acceptors (Lipinski definition) is 2. The van der Waals surface area contributed by atoms with Crippen LogP contribution >= 0.6 is 0 Å². The number of allylic oxidation sites excluding steroid dienone is 4. The molecule has 2 nitrogen and oxygen atoms in total. The maximum atomic E-state index is 12.1. The maximum Gasteiger partial charge on any atom is 0.155 e. The summed E-state index contributed by atoms with van der Waals surface area (Å²) in [6.07, 6.45) is 9.03. The fourth-order valence-electron chi connectivity index (χ4n) is 3.03. The van der Waals surface area contributed by atoms with E-state index in [1.165, 1.54) is 11.1 Å². The first-order valence-corrected chi connectivity index (χ1v) is 7.88. The molecule has 0 bridgehead atoms. The average molecular weight is 296 g/mol. The zero-order valence-corrected chi connectivity index (χ0v) is 13.7. The largest absolute Gasteiger partial charge is 0.299 e. The van der Waals surface area contributed by atoms with E-state index in [2.05, 4.69) is 31.2 Å². The smallest absolute Gasteiger partial charge is 0.155 e. The van der Waals surface area contributed by atoms with Gasteiger partial charge in [-0.3, -0.25) is 9.59 Å². The Hall–Kier alpha value is -1.96. The van der Waals surface area contributed by atoms with Gasteiger partial charge in [-0.15, -0.1) is 0 Å². The van der Waals surface area contributed by atoms with Crippen LogP contribution in [0.25, 0.3) is 0 Å². The molecule has 0 amide bonds. The fraction of sp³-hybridized carbons (Fsp3) is 0.400. The van der Waals surface area contributed by atoms with Crippen molar-refractivity contribution >= 4 is 11.6 Å². The predicted molar refractivity (Wildman–Crippen MR) is 89.8 cm³/mol. The van der Waals surface area contributed by atoms with E-state index in [0.29, 0.717) is 12.8 Å². The van der Waals surface area contributed by atoms with Crippen molar-refractivity contribution in [1.82, 2.24) is 0 Å². The molecule has 22 heavy (non-hydrogen) atoms. The highest BCUT2D eigenvalue weighted by Gasteiger charge is 2.34. The minimum atomic E-state index is -0.429. The van der Waals surface area contributed by atoms with Crippen molar-refractivity contribution in [1.29, 1.82) is 0 Å². The van der Waals surface area contributed by atoms with Crippen molar-refractivity contribution in [2.24, 2.45) is 5.41 Å². The van der Waals surface area contributed by atoms with Gasteiger partial charge in [0, 0.05) is 0 Å². The van der Waals surface area contributed by atoms with Crippen LogP contribution in [0.15, 0.2) is 48.1 Å². The van der Waals surface area contributed by atoms with Gasteiger partial charge in [-0.05, 0) is 63.2 Å². The van der Waals surface area contributed by atoms with Crippen molar-refractivity contribution in [2.75, 3.05) is 0 Å². The lowest BCUT2D eigenvalue weighted by Crippen LogP contribution is -2.29.